The van der Waals surface area contributed by atoms with Gasteiger partial charge in [0.2, 0.25) is 15.9 Å². The number of rotatable bonds is 5. The second-order valence-electron chi connectivity index (χ2n) is 8.46. The first-order chi connectivity index (χ1) is 15.2. The molecule has 32 heavy (non-hydrogen) atoms. The van der Waals surface area contributed by atoms with Gasteiger partial charge < -0.3 is 19.9 Å². The Bertz CT molecular complexity index is 1100. The summed E-state index contributed by atoms with van der Waals surface area (Å²) in [4.78, 5) is 17.1. The van der Waals surface area contributed by atoms with E-state index in [0.29, 0.717) is 13.2 Å². The summed E-state index contributed by atoms with van der Waals surface area (Å²) in [5, 5.41) is 3.36. The van der Waals surface area contributed by atoms with Gasteiger partial charge in [-0.05, 0) is 62.2 Å². The first kappa shape index (κ1) is 22.6. The van der Waals surface area contributed by atoms with E-state index in [-0.39, 0.29) is 22.9 Å². The molecule has 0 bridgehead atoms. The molecule has 2 aliphatic heterocycles. The Labute approximate surface area is 189 Å². The molecule has 2 aromatic rings. The maximum Gasteiger partial charge on any atom is 0.249 e. The highest BCUT2D eigenvalue weighted by Crippen LogP contribution is 2.40. The number of carbonyl (C=O) groups is 1. The second-order valence-corrected chi connectivity index (χ2v) is 10.6. The zero-order chi connectivity index (χ0) is 23.0. The normalized spacial score (nSPS) is 19.9. The van der Waals surface area contributed by atoms with Gasteiger partial charge in [0.15, 0.2) is 0 Å². The van der Waals surface area contributed by atoms with Gasteiger partial charge in [-0.2, -0.15) is 0 Å². The van der Waals surface area contributed by atoms with E-state index in [1.807, 2.05) is 26.1 Å². The van der Waals surface area contributed by atoms with Gasteiger partial charge in [-0.25, -0.2) is 12.7 Å². The van der Waals surface area contributed by atoms with Crippen LogP contribution >= 0.6 is 0 Å². The lowest BCUT2D eigenvalue weighted by Gasteiger charge is -2.45. The van der Waals surface area contributed by atoms with Gasteiger partial charge in [0.1, 0.15) is 6.04 Å². The van der Waals surface area contributed by atoms with Crippen LogP contribution in [0.3, 0.4) is 0 Å². The van der Waals surface area contributed by atoms with E-state index in [1.54, 1.807) is 29.2 Å². The van der Waals surface area contributed by atoms with Crippen LogP contribution in [-0.2, 0) is 19.6 Å². The van der Waals surface area contributed by atoms with Crippen LogP contribution < -0.4 is 15.1 Å². The van der Waals surface area contributed by atoms with Crippen LogP contribution in [0.15, 0.2) is 47.4 Å². The fourth-order valence-corrected chi connectivity index (χ4v) is 5.28. The van der Waals surface area contributed by atoms with Crippen molar-refractivity contribution in [3.8, 4) is 0 Å². The Morgan fingerprint density at radius 2 is 1.62 bits per heavy atom. The maximum atomic E-state index is 12.9. The summed E-state index contributed by atoms with van der Waals surface area (Å²) in [6.45, 7) is 3.36. The number of hydrogen-bond acceptors (Lipinski definition) is 6. The van der Waals surface area contributed by atoms with Gasteiger partial charge in [-0.1, -0.05) is 0 Å². The van der Waals surface area contributed by atoms with Crippen molar-refractivity contribution in [1.82, 2.24) is 4.31 Å². The summed E-state index contributed by atoms with van der Waals surface area (Å²) in [6, 6.07) is 12.7. The Balaban J connectivity index is 1.64. The molecule has 2 aliphatic rings. The summed E-state index contributed by atoms with van der Waals surface area (Å²) >= 11 is 0. The number of likely N-dealkylation sites (N-methyl/N-ethyl adjacent to an activating group) is 1. The first-order valence-electron chi connectivity index (χ1n) is 10.8. The highest BCUT2D eigenvalue weighted by molar-refractivity contribution is 7.89. The van der Waals surface area contributed by atoms with Crippen LogP contribution in [0.2, 0.25) is 0 Å². The van der Waals surface area contributed by atoms with E-state index in [4.69, 9.17) is 4.74 Å². The van der Waals surface area contributed by atoms with Crippen LogP contribution in [0, 0.1) is 0 Å². The molecule has 1 atom stereocenters. The molecular weight excluding hydrogens is 428 g/mol. The summed E-state index contributed by atoms with van der Waals surface area (Å²) in [5.74, 6) is 0.0855. The average molecular weight is 459 g/mol. The summed E-state index contributed by atoms with van der Waals surface area (Å²) in [7, 11) is 1.38. The number of fused-ring (bicyclic) bond motifs is 1. The molecule has 1 N–H and O–H groups in total. The fourth-order valence-electron chi connectivity index (χ4n) is 4.38. The molecule has 0 aliphatic carbocycles. The van der Waals surface area contributed by atoms with E-state index >= 15 is 0 Å². The average Bonchev–Trinajstić information content (AvgIpc) is 2.78. The van der Waals surface area contributed by atoms with Crippen LogP contribution in [0.5, 0.6) is 0 Å². The number of hydrogen-bond donors (Lipinski definition) is 1. The van der Waals surface area contributed by atoms with Crippen molar-refractivity contribution in [2.45, 2.75) is 36.7 Å². The van der Waals surface area contributed by atoms with E-state index in [2.05, 4.69) is 16.3 Å². The Kier molecular flexibility index (Phi) is 6.15. The molecule has 0 spiro atoms. The third-order valence-corrected chi connectivity index (χ3v) is 8.06. The molecule has 2 heterocycles. The number of anilines is 4. The smallest absolute Gasteiger partial charge is 0.249 e. The third-order valence-electron chi connectivity index (χ3n) is 6.23. The molecular formula is C23H30N4O4S. The van der Waals surface area contributed by atoms with E-state index in [0.717, 1.165) is 35.6 Å². The SMILES string of the molecule is C[C@@H]1C(=O)N(C)c2ccc(Nc3ccc(S(=O)(=O)N(C)C)cc3)cc2N1C1CCOCC1. The van der Waals surface area contributed by atoms with Crippen molar-refractivity contribution in [1.29, 1.82) is 0 Å². The highest BCUT2D eigenvalue weighted by Gasteiger charge is 2.38. The molecule has 8 nitrogen and oxygen atoms in total. The zero-order valence-electron chi connectivity index (χ0n) is 18.9. The molecule has 2 aromatic carbocycles. The number of nitrogens with zero attached hydrogens (tertiary/aromatic N) is 3. The largest absolute Gasteiger partial charge is 0.381 e. The van der Waals surface area contributed by atoms with Gasteiger partial charge in [0.25, 0.3) is 0 Å². The number of ether oxygens (including phenoxy) is 1. The van der Waals surface area contributed by atoms with Crippen molar-refractivity contribution in [2.75, 3.05) is 49.5 Å². The minimum Gasteiger partial charge on any atom is -0.381 e. The Hall–Kier alpha value is -2.62. The van der Waals surface area contributed by atoms with Crippen LogP contribution in [0.1, 0.15) is 19.8 Å². The minimum atomic E-state index is -3.46. The molecule has 172 valence electrons. The number of carbonyl (C=O) groups excluding carboxylic acids is 1. The van der Waals surface area contributed by atoms with Crippen LogP contribution in [0.4, 0.5) is 22.7 Å². The fraction of sp³-hybridized carbons (Fsp3) is 0.435. The summed E-state index contributed by atoms with van der Waals surface area (Å²) in [5.41, 5.74) is 3.56. The standard InChI is InChI=1S/C23H30N4O4S/c1-16-23(28)26(4)21-10-7-18(15-22(21)27(16)19-11-13-31-14-12-19)24-17-5-8-20(9-6-17)32(29,30)25(2)3/h5-10,15-16,19,24H,11-14H2,1-4H3/t16-/m1/s1. The summed E-state index contributed by atoms with van der Waals surface area (Å²) < 4.78 is 31.3. The molecule has 0 radical (unpaired) electrons. The topological polar surface area (TPSA) is 82.2 Å². The van der Waals surface area contributed by atoms with Crippen molar-refractivity contribution >= 4 is 38.7 Å². The van der Waals surface area contributed by atoms with Gasteiger partial charge >= 0.3 is 0 Å². The number of amides is 1. The van der Waals surface area contributed by atoms with E-state index in [1.165, 1.54) is 18.4 Å². The van der Waals surface area contributed by atoms with Gasteiger partial charge in [0, 0.05) is 51.8 Å². The zero-order valence-corrected chi connectivity index (χ0v) is 19.7. The lowest BCUT2D eigenvalue weighted by molar-refractivity contribution is -0.119. The lowest BCUT2D eigenvalue weighted by Crippen LogP contribution is -2.55. The van der Waals surface area contributed by atoms with E-state index in [9.17, 15) is 13.2 Å². The molecule has 4 rings (SSSR count). The van der Waals surface area contributed by atoms with Gasteiger partial charge in [0.05, 0.1) is 16.3 Å². The minimum absolute atomic E-state index is 0.0855. The van der Waals surface area contributed by atoms with Crippen molar-refractivity contribution in [2.24, 2.45) is 0 Å². The monoisotopic (exact) mass is 458 g/mol. The van der Waals surface area contributed by atoms with E-state index < -0.39 is 10.0 Å². The van der Waals surface area contributed by atoms with Crippen LogP contribution in [0.25, 0.3) is 0 Å². The predicted molar refractivity (Wildman–Crippen MR) is 126 cm³/mol. The molecule has 1 fully saturated rings. The van der Waals surface area contributed by atoms with Crippen molar-refractivity contribution in [3.05, 3.63) is 42.5 Å². The van der Waals surface area contributed by atoms with Crippen molar-refractivity contribution in [3.63, 3.8) is 0 Å². The Morgan fingerprint density at radius 1 is 1.00 bits per heavy atom. The molecule has 0 unspecified atom stereocenters. The third kappa shape index (κ3) is 4.07. The Morgan fingerprint density at radius 3 is 2.25 bits per heavy atom. The van der Waals surface area contributed by atoms with Gasteiger partial charge in [-0.3, -0.25) is 4.79 Å². The molecule has 1 saturated heterocycles. The molecule has 0 aromatic heterocycles. The van der Waals surface area contributed by atoms with Crippen molar-refractivity contribution < 1.29 is 17.9 Å². The maximum absolute atomic E-state index is 12.9. The lowest BCUT2D eigenvalue weighted by atomic mass is 9.99. The highest BCUT2D eigenvalue weighted by atomic mass is 32.2. The first-order valence-corrected chi connectivity index (χ1v) is 12.2. The summed E-state index contributed by atoms with van der Waals surface area (Å²) in [6.07, 6.45) is 1.78. The molecule has 0 saturated carbocycles. The number of nitrogens with one attached hydrogen (secondary N) is 1. The molecule has 1 amide bonds. The number of benzene rings is 2. The van der Waals surface area contributed by atoms with Gasteiger partial charge in [-0.15, -0.1) is 0 Å². The predicted octanol–water partition coefficient (Wildman–Crippen LogP) is 3.03. The van der Waals surface area contributed by atoms with Crippen LogP contribution in [-0.4, -0.2) is 65.1 Å². The quantitative estimate of drug-likeness (QED) is 0.742. The molecule has 9 heteroatoms. The number of sulfonamides is 1. The second kappa shape index (κ2) is 8.73.